The SMILES string of the molecule is CCOc1cc([C@H]2[C@@H]3C(=O)N(c4cccc(Cl)c4)C(=O)[C@H]3ON2c2ccccc2)cc(Br)c1O. The standard InChI is InChI=1S/C25H20BrClN2O5/c1-2-33-19-12-14(11-18(26)22(19)30)21-20-23(34-29(21)16-8-4-3-5-9-16)25(32)28(24(20)31)17-10-6-7-15(27)13-17/h3-13,20-21,23,30H,2H2,1H3/t20-,21-,23-/m0/s1. The van der Waals surface area contributed by atoms with E-state index in [0.717, 1.165) is 4.90 Å². The summed E-state index contributed by atoms with van der Waals surface area (Å²) < 4.78 is 6.02. The number of imide groups is 1. The molecule has 34 heavy (non-hydrogen) atoms. The van der Waals surface area contributed by atoms with Gasteiger partial charge < -0.3 is 9.84 Å². The van der Waals surface area contributed by atoms with Crippen molar-refractivity contribution in [2.75, 3.05) is 16.6 Å². The van der Waals surface area contributed by atoms with Crippen molar-refractivity contribution in [3.8, 4) is 11.5 Å². The van der Waals surface area contributed by atoms with Gasteiger partial charge in [0, 0.05) is 5.02 Å². The van der Waals surface area contributed by atoms with Crippen molar-refractivity contribution >= 4 is 50.7 Å². The van der Waals surface area contributed by atoms with Crippen LogP contribution in [0, 0.1) is 5.92 Å². The summed E-state index contributed by atoms with van der Waals surface area (Å²) in [5, 5.41) is 12.4. The Labute approximate surface area is 209 Å². The molecule has 1 N–H and O–H groups in total. The Morgan fingerprint density at radius 2 is 1.76 bits per heavy atom. The number of hydrogen-bond acceptors (Lipinski definition) is 6. The summed E-state index contributed by atoms with van der Waals surface area (Å²) in [6, 6.07) is 18.6. The summed E-state index contributed by atoms with van der Waals surface area (Å²) in [6.07, 6.45) is -1.01. The maximum Gasteiger partial charge on any atom is 0.266 e. The highest BCUT2D eigenvalue weighted by Crippen LogP contribution is 2.49. The molecule has 9 heteroatoms. The molecule has 0 aromatic heterocycles. The van der Waals surface area contributed by atoms with Crippen LogP contribution in [0.2, 0.25) is 5.02 Å². The largest absolute Gasteiger partial charge is 0.503 e. The van der Waals surface area contributed by atoms with Gasteiger partial charge in [-0.2, -0.15) is 0 Å². The zero-order chi connectivity index (χ0) is 24.0. The Kier molecular flexibility index (Phi) is 5.97. The maximum absolute atomic E-state index is 13.7. The van der Waals surface area contributed by atoms with E-state index in [1.54, 1.807) is 41.5 Å². The number of anilines is 2. The second-order valence-corrected chi connectivity index (χ2v) is 9.22. The van der Waals surface area contributed by atoms with E-state index in [-0.39, 0.29) is 17.4 Å². The number of phenolic OH excluding ortho intramolecular Hbond substituents is 1. The van der Waals surface area contributed by atoms with Crippen LogP contribution in [0.1, 0.15) is 18.5 Å². The van der Waals surface area contributed by atoms with Crippen LogP contribution in [0.4, 0.5) is 11.4 Å². The lowest BCUT2D eigenvalue weighted by Crippen LogP contribution is -2.37. The highest BCUT2D eigenvalue weighted by Gasteiger charge is 2.60. The third-order valence-corrected chi connectivity index (χ3v) is 6.72. The molecular weight excluding hydrogens is 524 g/mol. The first-order valence-corrected chi connectivity index (χ1v) is 11.9. The van der Waals surface area contributed by atoms with Crippen LogP contribution in [0.15, 0.2) is 71.2 Å². The van der Waals surface area contributed by atoms with Crippen molar-refractivity contribution in [1.29, 1.82) is 0 Å². The molecule has 174 valence electrons. The highest BCUT2D eigenvalue weighted by atomic mass is 79.9. The predicted molar refractivity (Wildman–Crippen MR) is 131 cm³/mol. The Bertz CT molecular complexity index is 1270. The summed E-state index contributed by atoms with van der Waals surface area (Å²) in [6.45, 7) is 2.16. The number of amides is 2. The number of phenols is 1. The molecule has 2 amide bonds. The van der Waals surface area contributed by atoms with Crippen LogP contribution in [-0.2, 0) is 14.4 Å². The van der Waals surface area contributed by atoms with E-state index in [2.05, 4.69) is 15.9 Å². The van der Waals surface area contributed by atoms with Gasteiger partial charge >= 0.3 is 0 Å². The Hall–Kier alpha value is -3.07. The van der Waals surface area contributed by atoms with Gasteiger partial charge in [0.1, 0.15) is 5.92 Å². The number of ether oxygens (including phenoxy) is 1. The molecule has 2 aliphatic heterocycles. The first-order valence-electron chi connectivity index (χ1n) is 10.7. The van der Waals surface area contributed by atoms with Crippen molar-refractivity contribution < 1.29 is 24.3 Å². The van der Waals surface area contributed by atoms with E-state index >= 15 is 0 Å². The maximum atomic E-state index is 13.7. The van der Waals surface area contributed by atoms with Crippen LogP contribution < -0.4 is 14.7 Å². The topological polar surface area (TPSA) is 79.3 Å². The molecule has 0 bridgehead atoms. The van der Waals surface area contributed by atoms with Gasteiger partial charge in [0.25, 0.3) is 5.91 Å². The summed E-state index contributed by atoms with van der Waals surface area (Å²) in [5.74, 6) is -1.43. The molecule has 0 spiro atoms. The quantitative estimate of drug-likeness (QED) is 0.443. The first kappa shape index (κ1) is 22.7. The van der Waals surface area contributed by atoms with Gasteiger partial charge in [-0.1, -0.05) is 35.9 Å². The fourth-order valence-corrected chi connectivity index (χ4v) is 5.10. The number of hydroxylamine groups is 1. The molecule has 2 aliphatic rings. The lowest BCUT2D eigenvalue weighted by atomic mass is 9.90. The predicted octanol–water partition coefficient (Wildman–Crippen LogP) is 5.26. The molecule has 0 aliphatic carbocycles. The Balaban J connectivity index is 1.63. The Morgan fingerprint density at radius 1 is 1.03 bits per heavy atom. The molecule has 0 radical (unpaired) electrons. The van der Waals surface area contributed by atoms with Crippen molar-refractivity contribution in [3.05, 3.63) is 81.8 Å². The number of benzene rings is 3. The number of fused-ring (bicyclic) bond motifs is 1. The lowest BCUT2D eigenvalue weighted by Gasteiger charge is -2.29. The smallest absolute Gasteiger partial charge is 0.266 e. The number of rotatable bonds is 5. The van der Waals surface area contributed by atoms with Crippen LogP contribution >= 0.6 is 27.5 Å². The monoisotopic (exact) mass is 542 g/mol. The molecule has 3 aromatic carbocycles. The molecule has 3 atom stereocenters. The van der Waals surface area contributed by atoms with E-state index in [1.807, 2.05) is 37.3 Å². The van der Waals surface area contributed by atoms with Gasteiger partial charge in [0.05, 0.1) is 28.5 Å². The average molecular weight is 544 g/mol. The number of nitrogens with zero attached hydrogens (tertiary/aromatic N) is 2. The van der Waals surface area contributed by atoms with E-state index in [1.165, 1.54) is 0 Å². The van der Waals surface area contributed by atoms with Crippen LogP contribution in [0.5, 0.6) is 11.5 Å². The Morgan fingerprint density at radius 3 is 2.47 bits per heavy atom. The minimum atomic E-state index is -1.01. The molecule has 2 fully saturated rings. The van der Waals surface area contributed by atoms with Gasteiger partial charge in [-0.25, -0.2) is 9.96 Å². The van der Waals surface area contributed by atoms with Crippen molar-refractivity contribution in [2.45, 2.75) is 19.1 Å². The van der Waals surface area contributed by atoms with E-state index in [4.69, 9.17) is 21.2 Å². The molecule has 3 aromatic rings. The van der Waals surface area contributed by atoms with Gasteiger partial charge in [-0.3, -0.25) is 14.4 Å². The van der Waals surface area contributed by atoms with Crippen molar-refractivity contribution in [1.82, 2.24) is 0 Å². The van der Waals surface area contributed by atoms with Crippen LogP contribution in [0.25, 0.3) is 0 Å². The first-order chi connectivity index (χ1) is 16.4. The molecule has 0 saturated carbocycles. The molecule has 7 nitrogen and oxygen atoms in total. The number of carbonyl (C=O) groups is 2. The van der Waals surface area contributed by atoms with Crippen LogP contribution in [0.3, 0.4) is 0 Å². The average Bonchev–Trinajstić information content (AvgIpc) is 3.33. The summed E-state index contributed by atoms with van der Waals surface area (Å²) in [7, 11) is 0. The number of aromatic hydroxyl groups is 1. The zero-order valence-corrected chi connectivity index (χ0v) is 20.4. The molecule has 2 saturated heterocycles. The van der Waals surface area contributed by atoms with Crippen LogP contribution in [-0.4, -0.2) is 29.6 Å². The van der Waals surface area contributed by atoms with Gasteiger partial charge in [-0.05, 0) is 70.9 Å². The zero-order valence-electron chi connectivity index (χ0n) is 18.0. The fraction of sp³-hybridized carbons (Fsp3) is 0.200. The van der Waals surface area contributed by atoms with Gasteiger partial charge in [-0.15, -0.1) is 0 Å². The summed E-state index contributed by atoms with van der Waals surface area (Å²) in [5.41, 5.74) is 1.74. The minimum absolute atomic E-state index is 0.0401. The van der Waals surface area contributed by atoms with E-state index < -0.39 is 24.0 Å². The number of carbonyl (C=O) groups excluding carboxylic acids is 2. The number of halogens is 2. The third kappa shape index (κ3) is 3.72. The number of hydrogen-bond donors (Lipinski definition) is 1. The minimum Gasteiger partial charge on any atom is -0.503 e. The molecular formula is C25H20BrClN2O5. The van der Waals surface area contributed by atoms with Crippen molar-refractivity contribution in [2.24, 2.45) is 5.92 Å². The van der Waals surface area contributed by atoms with Gasteiger partial charge in [0.15, 0.2) is 17.6 Å². The summed E-state index contributed by atoms with van der Waals surface area (Å²) in [4.78, 5) is 34.4. The van der Waals surface area contributed by atoms with Crippen molar-refractivity contribution in [3.63, 3.8) is 0 Å². The fourth-order valence-electron chi connectivity index (χ4n) is 4.45. The number of para-hydroxylation sites is 1. The second kappa shape index (κ2) is 8.94. The third-order valence-electron chi connectivity index (χ3n) is 5.88. The summed E-state index contributed by atoms with van der Waals surface area (Å²) >= 11 is 9.49. The van der Waals surface area contributed by atoms with E-state index in [0.29, 0.717) is 33.0 Å². The highest BCUT2D eigenvalue weighted by molar-refractivity contribution is 9.10. The lowest BCUT2D eigenvalue weighted by molar-refractivity contribution is -0.126. The molecule has 5 rings (SSSR count). The van der Waals surface area contributed by atoms with E-state index in [9.17, 15) is 14.7 Å². The molecule has 2 heterocycles. The van der Waals surface area contributed by atoms with Gasteiger partial charge in [0.2, 0.25) is 5.91 Å². The second-order valence-electron chi connectivity index (χ2n) is 7.93. The molecule has 0 unspecified atom stereocenters. The normalized spacial score (nSPS) is 21.8.